The number of carbonyl (C=O) groups excluding carboxylic acids is 3. The van der Waals surface area contributed by atoms with Gasteiger partial charge in [-0.25, -0.2) is 9.59 Å². The summed E-state index contributed by atoms with van der Waals surface area (Å²) in [5.41, 5.74) is -0.787. The molecule has 2 fully saturated rings. The number of aliphatic hydroxyl groups excluding tert-OH is 1. The molecule has 8 nitrogen and oxygen atoms in total. The first-order valence-corrected chi connectivity index (χ1v) is 11.5. The predicted molar refractivity (Wildman–Crippen MR) is 126 cm³/mol. The van der Waals surface area contributed by atoms with Gasteiger partial charge in [-0.2, -0.15) is 0 Å². The molecule has 6 atom stereocenters. The number of ketones is 1. The van der Waals surface area contributed by atoms with E-state index in [0.29, 0.717) is 23.1 Å². The fourth-order valence-corrected chi connectivity index (χ4v) is 3.85. The van der Waals surface area contributed by atoms with Crippen LogP contribution in [0.3, 0.4) is 0 Å². The van der Waals surface area contributed by atoms with Crippen LogP contribution in [-0.4, -0.2) is 65.6 Å². The lowest BCUT2D eigenvalue weighted by Gasteiger charge is -2.37. The molecular formula is C26H38O8. The molecular weight excluding hydrogens is 440 g/mol. The Morgan fingerprint density at radius 1 is 1.24 bits per heavy atom. The Morgan fingerprint density at radius 2 is 1.79 bits per heavy atom. The summed E-state index contributed by atoms with van der Waals surface area (Å²) in [5.74, 6) is -2.17. The Morgan fingerprint density at radius 3 is 2.32 bits per heavy atom. The van der Waals surface area contributed by atoms with Gasteiger partial charge < -0.3 is 24.1 Å². The summed E-state index contributed by atoms with van der Waals surface area (Å²) >= 11 is 0. The van der Waals surface area contributed by atoms with E-state index >= 15 is 0 Å². The lowest BCUT2D eigenvalue weighted by atomic mass is 9.74. The van der Waals surface area contributed by atoms with E-state index in [1.54, 1.807) is 60.6 Å². The average molecular weight is 479 g/mol. The summed E-state index contributed by atoms with van der Waals surface area (Å²) < 4.78 is 22.4. The summed E-state index contributed by atoms with van der Waals surface area (Å²) in [6, 6.07) is 0. The van der Waals surface area contributed by atoms with Crippen LogP contribution in [0.15, 0.2) is 35.5 Å². The maximum absolute atomic E-state index is 13.2. The summed E-state index contributed by atoms with van der Waals surface area (Å²) in [6.07, 6.45) is 0.145. The highest BCUT2D eigenvalue weighted by atomic mass is 16.6. The zero-order valence-electron chi connectivity index (χ0n) is 21.5. The molecule has 1 aliphatic heterocycles. The number of hydrogen-bond donors (Lipinski definition) is 1. The maximum Gasteiger partial charge on any atom is 0.334 e. The van der Waals surface area contributed by atoms with Crippen LogP contribution >= 0.6 is 0 Å². The predicted octanol–water partition coefficient (Wildman–Crippen LogP) is 3.22. The minimum Gasteiger partial charge on any atom is -0.454 e. The van der Waals surface area contributed by atoms with E-state index in [4.69, 9.17) is 18.9 Å². The molecule has 1 heterocycles. The third-order valence-electron chi connectivity index (χ3n) is 7.17. The molecule has 0 aromatic heterocycles. The molecule has 0 aromatic rings. The first-order chi connectivity index (χ1) is 15.7. The van der Waals surface area contributed by atoms with Crippen LogP contribution in [0.5, 0.6) is 0 Å². The van der Waals surface area contributed by atoms with E-state index < -0.39 is 47.4 Å². The van der Waals surface area contributed by atoms with E-state index in [2.05, 4.69) is 6.58 Å². The largest absolute Gasteiger partial charge is 0.454 e. The van der Waals surface area contributed by atoms with Crippen molar-refractivity contribution in [3.63, 3.8) is 0 Å². The van der Waals surface area contributed by atoms with Crippen molar-refractivity contribution >= 4 is 17.7 Å². The van der Waals surface area contributed by atoms with Crippen molar-refractivity contribution in [3.05, 3.63) is 35.5 Å². The summed E-state index contributed by atoms with van der Waals surface area (Å²) in [6.45, 7) is 15.9. The highest BCUT2D eigenvalue weighted by Gasteiger charge is 2.66. The molecule has 190 valence electrons. The summed E-state index contributed by atoms with van der Waals surface area (Å²) in [5, 5.41) is 10.8. The van der Waals surface area contributed by atoms with Crippen LogP contribution in [-0.2, 0) is 33.3 Å². The van der Waals surface area contributed by atoms with E-state index in [-0.39, 0.29) is 18.3 Å². The minimum absolute atomic E-state index is 0.00948. The van der Waals surface area contributed by atoms with Crippen LogP contribution in [0.4, 0.5) is 0 Å². The van der Waals surface area contributed by atoms with Crippen molar-refractivity contribution in [2.45, 2.75) is 96.9 Å². The van der Waals surface area contributed by atoms with Crippen LogP contribution in [0, 0.1) is 5.92 Å². The highest BCUT2D eigenvalue weighted by molar-refractivity contribution is 5.98. The molecule has 1 saturated heterocycles. The Labute approximate surface area is 202 Å². The van der Waals surface area contributed by atoms with Crippen molar-refractivity contribution < 1.29 is 38.4 Å². The van der Waals surface area contributed by atoms with Gasteiger partial charge in [-0.1, -0.05) is 18.7 Å². The number of ether oxygens (including phenoxy) is 4. The van der Waals surface area contributed by atoms with Gasteiger partial charge in [0.1, 0.15) is 6.10 Å². The lowest BCUT2D eigenvalue weighted by Crippen LogP contribution is -2.49. The van der Waals surface area contributed by atoms with Crippen LogP contribution in [0.2, 0.25) is 0 Å². The Balaban J connectivity index is 2.39. The van der Waals surface area contributed by atoms with Crippen molar-refractivity contribution in [1.82, 2.24) is 0 Å². The Bertz CT molecular complexity index is 898. The molecule has 0 amide bonds. The number of rotatable bonds is 10. The monoisotopic (exact) mass is 478 g/mol. The zero-order valence-corrected chi connectivity index (χ0v) is 21.5. The number of allylic oxidation sites excluding steroid dienone is 2. The van der Waals surface area contributed by atoms with Gasteiger partial charge >= 0.3 is 11.9 Å². The number of aliphatic hydroxyl groups is 1. The molecule has 0 radical (unpaired) electrons. The average Bonchev–Trinajstić information content (AvgIpc) is 3.49. The second kappa shape index (κ2) is 10.5. The normalized spacial score (nSPS) is 29.1. The molecule has 0 aromatic carbocycles. The van der Waals surface area contributed by atoms with Gasteiger partial charge in [0.05, 0.1) is 17.8 Å². The topological polar surface area (TPSA) is 112 Å². The fourth-order valence-electron chi connectivity index (χ4n) is 3.85. The smallest absolute Gasteiger partial charge is 0.334 e. The van der Waals surface area contributed by atoms with Crippen molar-refractivity contribution in [2.75, 3.05) is 7.11 Å². The van der Waals surface area contributed by atoms with Crippen LogP contribution < -0.4 is 0 Å². The van der Waals surface area contributed by atoms with E-state index in [1.165, 1.54) is 7.11 Å². The number of epoxide rings is 1. The minimum atomic E-state index is -1.14. The molecule has 0 spiro atoms. The zero-order chi connectivity index (χ0) is 26.0. The molecule has 2 rings (SSSR count). The highest BCUT2D eigenvalue weighted by Crippen LogP contribution is 2.50. The second-order valence-electron chi connectivity index (χ2n) is 9.72. The number of Topliss-reactive ketones (excluding diaryl/α,β-unsaturated/α-hetero) is 1. The molecule has 1 aliphatic carbocycles. The third kappa shape index (κ3) is 5.67. The van der Waals surface area contributed by atoms with Crippen molar-refractivity contribution in [3.8, 4) is 0 Å². The van der Waals surface area contributed by atoms with Crippen LogP contribution in [0.25, 0.3) is 0 Å². The molecule has 1 N–H and O–H groups in total. The standard InChI is InChI=1S/C26H38O8/c1-10-14(3)23(29)32-18(13-19(27)25(6,7)31-9)16(5)17-12-20-26(8,34-20)22(28)21(17)33-24(30)15(4)11-2/h10-11,17-21,27H,5,12-13H2,1-4,6-9H3. The SMILES string of the molecule is C=C(C(CC(O)C(C)(C)OC)OC(=O)C(C)=CC)C1CC2OC2(C)C(=O)C1OC(=O)C(C)=CC. The van der Waals surface area contributed by atoms with Gasteiger partial charge in [0, 0.05) is 30.6 Å². The van der Waals surface area contributed by atoms with Gasteiger partial charge in [-0.05, 0) is 60.5 Å². The van der Waals surface area contributed by atoms with E-state index in [0.717, 1.165) is 0 Å². The first kappa shape index (κ1) is 28.0. The van der Waals surface area contributed by atoms with Gasteiger partial charge in [0.2, 0.25) is 5.78 Å². The van der Waals surface area contributed by atoms with E-state index in [1.807, 2.05) is 0 Å². The number of esters is 2. The molecule has 0 bridgehead atoms. The summed E-state index contributed by atoms with van der Waals surface area (Å²) in [4.78, 5) is 38.4. The maximum atomic E-state index is 13.2. The number of fused-ring (bicyclic) bond motifs is 1. The van der Waals surface area contributed by atoms with E-state index in [9.17, 15) is 19.5 Å². The molecule has 34 heavy (non-hydrogen) atoms. The Kier molecular flexibility index (Phi) is 8.67. The second-order valence-corrected chi connectivity index (χ2v) is 9.72. The van der Waals surface area contributed by atoms with Crippen molar-refractivity contribution in [2.24, 2.45) is 5.92 Å². The first-order valence-electron chi connectivity index (χ1n) is 11.5. The van der Waals surface area contributed by atoms with Gasteiger partial charge in [-0.15, -0.1) is 0 Å². The molecule has 2 aliphatic rings. The fraction of sp³-hybridized carbons (Fsp3) is 0.654. The molecule has 1 saturated carbocycles. The lowest BCUT2D eigenvalue weighted by molar-refractivity contribution is -0.158. The quantitative estimate of drug-likeness (QED) is 0.220. The number of hydrogen-bond acceptors (Lipinski definition) is 8. The van der Waals surface area contributed by atoms with Gasteiger partial charge in [0.25, 0.3) is 0 Å². The molecule has 8 heteroatoms. The van der Waals surface area contributed by atoms with Crippen molar-refractivity contribution in [1.29, 1.82) is 0 Å². The number of methoxy groups -OCH3 is 1. The van der Waals surface area contributed by atoms with Gasteiger partial charge in [0.15, 0.2) is 11.7 Å². The summed E-state index contributed by atoms with van der Waals surface area (Å²) in [7, 11) is 1.48. The van der Waals surface area contributed by atoms with Gasteiger partial charge in [-0.3, -0.25) is 4.79 Å². The number of carbonyl (C=O) groups is 3. The molecule has 6 unspecified atom stereocenters. The Hall–Kier alpha value is -2.29. The van der Waals surface area contributed by atoms with Crippen LogP contribution in [0.1, 0.15) is 61.3 Å². The third-order valence-corrected chi connectivity index (χ3v) is 7.17.